The second kappa shape index (κ2) is 9.37. The maximum Gasteiger partial charge on any atom is 0.337 e. The van der Waals surface area contributed by atoms with Gasteiger partial charge in [-0.3, -0.25) is 0 Å². The predicted octanol–water partition coefficient (Wildman–Crippen LogP) is 1.55. The molecule has 0 aliphatic heterocycles. The van der Waals surface area contributed by atoms with Gasteiger partial charge in [0.15, 0.2) is 0 Å². The highest BCUT2D eigenvalue weighted by Gasteiger charge is 2.18. The third-order valence-electron chi connectivity index (χ3n) is 2.54. The van der Waals surface area contributed by atoms with Crippen molar-refractivity contribution in [3.05, 3.63) is 28.2 Å². The molecule has 2 N–H and O–H groups in total. The van der Waals surface area contributed by atoms with E-state index < -0.39 is 16.0 Å². The number of rotatable bonds is 7. The minimum atomic E-state index is -3.60. The molecule has 0 heterocycles. The summed E-state index contributed by atoms with van der Waals surface area (Å²) in [6.45, 7) is 1.07. The summed E-state index contributed by atoms with van der Waals surface area (Å²) >= 11 is 3.16. The van der Waals surface area contributed by atoms with Crippen LogP contribution in [0.15, 0.2) is 27.6 Å². The largest absolute Gasteiger partial charge is 0.465 e. The standard InChI is InChI=1S/C12H17BrN2O4S.ClH/c1-14-6-3-7-15-20(17,18)11-5-4-9(8-10(11)13)12(16)19-2;/h4-5,8,14-15H,3,6-7H2,1-2H3;1H. The fourth-order valence-corrected chi connectivity index (χ4v) is 3.66. The number of nitrogens with one attached hydrogen (secondary N) is 2. The van der Waals surface area contributed by atoms with E-state index in [0.717, 1.165) is 6.54 Å². The molecule has 0 saturated carbocycles. The van der Waals surface area contributed by atoms with Crippen LogP contribution in [0.3, 0.4) is 0 Å². The molecular formula is C12H18BrClN2O4S. The van der Waals surface area contributed by atoms with Crippen molar-refractivity contribution in [3.63, 3.8) is 0 Å². The van der Waals surface area contributed by atoms with E-state index in [0.29, 0.717) is 17.4 Å². The average Bonchev–Trinajstić information content (AvgIpc) is 2.42. The van der Waals surface area contributed by atoms with Gasteiger partial charge < -0.3 is 10.1 Å². The summed E-state index contributed by atoms with van der Waals surface area (Å²) < 4.78 is 31.6. The van der Waals surface area contributed by atoms with Crippen LogP contribution in [0.4, 0.5) is 0 Å². The summed E-state index contributed by atoms with van der Waals surface area (Å²) in [5.74, 6) is -0.517. The van der Waals surface area contributed by atoms with Crippen molar-refractivity contribution in [1.82, 2.24) is 10.0 Å². The fourth-order valence-electron chi connectivity index (χ4n) is 1.51. The monoisotopic (exact) mass is 400 g/mol. The van der Waals surface area contributed by atoms with Gasteiger partial charge in [-0.1, -0.05) is 0 Å². The molecule has 120 valence electrons. The van der Waals surface area contributed by atoms with E-state index in [9.17, 15) is 13.2 Å². The Kier molecular flexibility index (Phi) is 9.07. The minimum Gasteiger partial charge on any atom is -0.465 e. The molecule has 0 aliphatic rings. The van der Waals surface area contributed by atoms with Gasteiger partial charge in [-0.2, -0.15) is 0 Å². The second-order valence-electron chi connectivity index (χ2n) is 3.99. The summed E-state index contributed by atoms with van der Waals surface area (Å²) in [6, 6.07) is 4.21. The summed E-state index contributed by atoms with van der Waals surface area (Å²) in [5, 5.41) is 2.94. The van der Waals surface area contributed by atoms with E-state index >= 15 is 0 Å². The first-order chi connectivity index (χ1) is 9.42. The van der Waals surface area contributed by atoms with Crippen LogP contribution in [0.5, 0.6) is 0 Å². The Balaban J connectivity index is 0.00000400. The molecule has 0 radical (unpaired) electrons. The molecule has 0 bridgehead atoms. The normalized spacial score (nSPS) is 10.8. The van der Waals surface area contributed by atoms with E-state index in [1.807, 2.05) is 0 Å². The van der Waals surface area contributed by atoms with Gasteiger partial charge in [0, 0.05) is 11.0 Å². The van der Waals surface area contributed by atoms with E-state index in [2.05, 4.69) is 30.7 Å². The number of sulfonamides is 1. The number of hydrogen-bond acceptors (Lipinski definition) is 5. The molecule has 1 aromatic carbocycles. The van der Waals surface area contributed by atoms with Crippen LogP contribution in [0.1, 0.15) is 16.8 Å². The van der Waals surface area contributed by atoms with E-state index in [1.165, 1.54) is 25.3 Å². The van der Waals surface area contributed by atoms with Crippen molar-refractivity contribution in [2.75, 3.05) is 27.2 Å². The van der Waals surface area contributed by atoms with Crippen molar-refractivity contribution in [3.8, 4) is 0 Å². The van der Waals surface area contributed by atoms with Gasteiger partial charge in [0.1, 0.15) is 0 Å². The van der Waals surface area contributed by atoms with Gasteiger partial charge in [-0.05, 0) is 54.1 Å². The lowest BCUT2D eigenvalue weighted by atomic mass is 10.2. The highest BCUT2D eigenvalue weighted by Crippen LogP contribution is 2.23. The van der Waals surface area contributed by atoms with Crippen molar-refractivity contribution < 1.29 is 17.9 Å². The number of carbonyl (C=O) groups is 1. The van der Waals surface area contributed by atoms with Crippen LogP contribution in [0.2, 0.25) is 0 Å². The molecule has 1 aromatic rings. The third kappa shape index (κ3) is 5.91. The number of esters is 1. The van der Waals surface area contributed by atoms with E-state index in [1.54, 1.807) is 7.05 Å². The lowest BCUT2D eigenvalue weighted by Crippen LogP contribution is -2.27. The van der Waals surface area contributed by atoms with E-state index in [4.69, 9.17) is 0 Å². The van der Waals surface area contributed by atoms with Crippen LogP contribution in [-0.2, 0) is 14.8 Å². The first-order valence-electron chi connectivity index (χ1n) is 5.94. The zero-order valence-electron chi connectivity index (χ0n) is 11.7. The van der Waals surface area contributed by atoms with Crippen LogP contribution in [0, 0.1) is 0 Å². The van der Waals surface area contributed by atoms with Crippen molar-refractivity contribution >= 4 is 44.3 Å². The maximum absolute atomic E-state index is 12.1. The van der Waals surface area contributed by atoms with E-state index in [-0.39, 0.29) is 22.9 Å². The van der Waals surface area contributed by atoms with Gasteiger partial charge in [-0.15, -0.1) is 12.4 Å². The Morgan fingerprint density at radius 2 is 2.00 bits per heavy atom. The Morgan fingerprint density at radius 3 is 2.52 bits per heavy atom. The van der Waals surface area contributed by atoms with Crippen molar-refractivity contribution in [2.45, 2.75) is 11.3 Å². The Hall–Kier alpha value is -0.670. The summed E-state index contributed by atoms with van der Waals surface area (Å²) in [5.41, 5.74) is 0.286. The molecule has 0 unspecified atom stereocenters. The molecule has 0 saturated heterocycles. The fraction of sp³-hybridized carbons (Fsp3) is 0.417. The molecule has 9 heteroatoms. The number of hydrogen-bond donors (Lipinski definition) is 2. The third-order valence-corrected chi connectivity index (χ3v) is 4.98. The van der Waals surface area contributed by atoms with Gasteiger partial charge in [0.2, 0.25) is 10.0 Å². The molecule has 1 rings (SSSR count). The molecule has 0 spiro atoms. The number of methoxy groups -OCH3 is 1. The topological polar surface area (TPSA) is 84.5 Å². The Morgan fingerprint density at radius 1 is 1.33 bits per heavy atom. The van der Waals surface area contributed by atoms with Crippen molar-refractivity contribution in [2.24, 2.45) is 0 Å². The lowest BCUT2D eigenvalue weighted by Gasteiger charge is -2.09. The summed E-state index contributed by atoms with van der Waals surface area (Å²) in [6.07, 6.45) is 0.688. The number of halogens is 2. The molecular weight excluding hydrogens is 384 g/mol. The molecule has 0 amide bonds. The molecule has 0 atom stereocenters. The first-order valence-corrected chi connectivity index (χ1v) is 8.22. The van der Waals surface area contributed by atoms with Crippen LogP contribution in [0.25, 0.3) is 0 Å². The zero-order chi connectivity index (χ0) is 15.2. The highest BCUT2D eigenvalue weighted by molar-refractivity contribution is 9.10. The van der Waals surface area contributed by atoms with Crippen LogP contribution >= 0.6 is 28.3 Å². The van der Waals surface area contributed by atoms with Gasteiger partial charge >= 0.3 is 5.97 Å². The quantitative estimate of drug-likeness (QED) is 0.535. The highest BCUT2D eigenvalue weighted by atomic mass is 79.9. The number of carbonyl (C=O) groups excluding carboxylic acids is 1. The maximum atomic E-state index is 12.1. The SMILES string of the molecule is CNCCCNS(=O)(=O)c1ccc(C(=O)OC)cc1Br.Cl. The average molecular weight is 402 g/mol. The molecule has 6 nitrogen and oxygen atoms in total. The molecule has 0 fully saturated rings. The summed E-state index contributed by atoms with van der Waals surface area (Å²) in [7, 11) is -0.527. The molecule has 21 heavy (non-hydrogen) atoms. The van der Waals surface area contributed by atoms with Gasteiger partial charge in [0.25, 0.3) is 0 Å². The minimum absolute atomic E-state index is 0. The lowest BCUT2D eigenvalue weighted by molar-refractivity contribution is 0.0600. The van der Waals surface area contributed by atoms with Gasteiger partial charge in [-0.25, -0.2) is 17.9 Å². The predicted molar refractivity (Wildman–Crippen MR) is 86.5 cm³/mol. The zero-order valence-corrected chi connectivity index (χ0v) is 14.9. The first kappa shape index (κ1) is 20.3. The summed E-state index contributed by atoms with van der Waals surface area (Å²) in [4.78, 5) is 11.4. The van der Waals surface area contributed by atoms with Crippen LogP contribution in [-0.4, -0.2) is 41.6 Å². The molecule has 0 aliphatic carbocycles. The van der Waals surface area contributed by atoms with Crippen molar-refractivity contribution in [1.29, 1.82) is 0 Å². The second-order valence-corrected chi connectivity index (χ2v) is 6.58. The molecule has 0 aromatic heterocycles. The van der Waals surface area contributed by atoms with Gasteiger partial charge in [0.05, 0.1) is 17.6 Å². The Labute approximate surface area is 139 Å². The van der Waals surface area contributed by atoms with Crippen LogP contribution < -0.4 is 10.0 Å². The smallest absolute Gasteiger partial charge is 0.337 e. The Bertz CT molecular complexity index is 581. The number of ether oxygens (including phenoxy) is 1. The number of benzene rings is 1.